The molecule has 1 spiro atoms. The summed E-state index contributed by atoms with van der Waals surface area (Å²) in [6, 6.07) is 4.22. The molecule has 0 unspecified atom stereocenters. The molecule has 1 aromatic carbocycles. The number of nitriles is 1. The molecule has 1 saturated carbocycles. The quantitative estimate of drug-likeness (QED) is 0.323. The van der Waals surface area contributed by atoms with E-state index in [4.69, 9.17) is 22.1 Å². The van der Waals surface area contributed by atoms with Gasteiger partial charge in [-0.1, -0.05) is 0 Å². The number of carbonyl (C=O) groups is 1. The predicted octanol–water partition coefficient (Wildman–Crippen LogP) is 4.42. The van der Waals surface area contributed by atoms with Crippen LogP contribution >= 0.6 is 22.9 Å². The molecule has 3 aromatic heterocycles. The van der Waals surface area contributed by atoms with E-state index in [9.17, 15) is 19.2 Å². The smallest absolute Gasteiger partial charge is 0.318 e. The summed E-state index contributed by atoms with van der Waals surface area (Å²) in [5, 5.41) is 10.2. The number of carbonyl (C=O) groups excluding carboxylic acids is 1. The second-order valence-electron chi connectivity index (χ2n) is 11.4. The average molecular weight is 626 g/mol. The van der Waals surface area contributed by atoms with E-state index in [2.05, 4.69) is 9.97 Å². The monoisotopic (exact) mass is 625 g/mol. The van der Waals surface area contributed by atoms with E-state index in [1.807, 2.05) is 11.0 Å². The molecule has 0 radical (unpaired) electrons. The van der Waals surface area contributed by atoms with Crippen LogP contribution in [0.15, 0.2) is 16.9 Å². The lowest BCUT2D eigenvalue weighted by Gasteiger charge is -2.54. The minimum Gasteiger partial charge on any atom is -0.467 e. The summed E-state index contributed by atoms with van der Waals surface area (Å²) < 4.78 is 38.6. The van der Waals surface area contributed by atoms with Crippen LogP contribution in [0.2, 0.25) is 0 Å². The lowest BCUT2D eigenvalue weighted by atomic mass is 9.72. The Morgan fingerprint density at radius 1 is 1.23 bits per heavy atom. The fourth-order valence-electron chi connectivity index (χ4n) is 6.52. The Morgan fingerprint density at radius 3 is 2.58 bits per heavy atom. The highest BCUT2D eigenvalue weighted by Crippen LogP contribution is 2.47. The first-order valence-corrected chi connectivity index (χ1v) is 15.2. The van der Waals surface area contributed by atoms with Crippen molar-refractivity contribution in [3.63, 3.8) is 0 Å². The van der Waals surface area contributed by atoms with Crippen LogP contribution in [0.5, 0.6) is 6.01 Å². The highest BCUT2D eigenvalue weighted by molar-refractivity contribution is 7.23. The van der Waals surface area contributed by atoms with Crippen molar-refractivity contribution in [3.8, 4) is 23.3 Å². The third-order valence-corrected chi connectivity index (χ3v) is 10.1. The number of alkyl halides is 1. The van der Waals surface area contributed by atoms with Gasteiger partial charge in [-0.25, -0.2) is 8.78 Å². The van der Waals surface area contributed by atoms with E-state index >= 15 is 4.39 Å². The molecule has 4 aromatic rings. The van der Waals surface area contributed by atoms with E-state index in [0.717, 1.165) is 24.2 Å². The first-order chi connectivity index (χ1) is 20.7. The van der Waals surface area contributed by atoms with Gasteiger partial charge in [0.05, 0.1) is 23.1 Å². The number of hydrogen-bond donors (Lipinski definition) is 1. The molecule has 0 atom stereocenters. The number of fused-ring (bicyclic) bond motifs is 2. The highest BCUT2D eigenvalue weighted by Gasteiger charge is 2.47. The van der Waals surface area contributed by atoms with Crippen molar-refractivity contribution in [1.29, 1.82) is 5.26 Å². The maximum Gasteiger partial charge on any atom is 0.318 e. The Balaban J connectivity index is 1.39. The zero-order chi connectivity index (χ0) is 30.2. The van der Waals surface area contributed by atoms with Crippen LogP contribution in [-0.4, -0.2) is 64.5 Å². The van der Waals surface area contributed by atoms with Crippen molar-refractivity contribution in [2.45, 2.75) is 31.7 Å². The SMILES string of the molecule is COc1nc(N2CC3(CCN(C(=O)CCl)CC3)C2)c2c(=O)n(C3CC3)c(-c3ccc(F)c4sc(N)c(C#N)c34)c(F)c2n1. The average Bonchev–Trinajstić information content (AvgIpc) is 3.78. The highest BCUT2D eigenvalue weighted by atomic mass is 35.5. The number of thiophene rings is 1. The molecule has 0 bridgehead atoms. The third kappa shape index (κ3) is 4.22. The molecule has 3 fully saturated rings. The molecule has 14 heteroatoms. The molecule has 5 heterocycles. The van der Waals surface area contributed by atoms with Crippen LogP contribution in [0, 0.1) is 28.4 Å². The number of nitrogen functional groups attached to an aromatic ring is 1. The van der Waals surface area contributed by atoms with Crippen LogP contribution in [0.3, 0.4) is 0 Å². The third-order valence-electron chi connectivity index (χ3n) is 8.88. The lowest BCUT2D eigenvalue weighted by Crippen LogP contribution is -2.61. The van der Waals surface area contributed by atoms with Gasteiger partial charge in [0.15, 0.2) is 5.82 Å². The molecule has 2 saturated heterocycles. The molecule has 7 rings (SSSR count). The number of nitrogens with two attached hydrogens (primary N) is 1. The summed E-state index contributed by atoms with van der Waals surface area (Å²) in [7, 11) is 1.37. The number of nitrogens with zero attached hydrogens (tertiary/aromatic N) is 6. The molecule has 43 heavy (non-hydrogen) atoms. The summed E-state index contributed by atoms with van der Waals surface area (Å²) >= 11 is 6.65. The fraction of sp³-hybridized carbons (Fsp3) is 0.414. The number of rotatable bonds is 5. The summed E-state index contributed by atoms with van der Waals surface area (Å²) in [6.45, 7) is 2.36. The summed E-state index contributed by atoms with van der Waals surface area (Å²) in [5.41, 5.74) is 5.48. The van der Waals surface area contributed by atoms with Gasteiger partial charge in [0, 0.05) is 48.6 Å². The number of hydrogen-bond acceptors (Lipinski definition) is 9. The topological polar surface area (TPSA) is 130 Å². The maximum atomic E-state index is 16.9. The largest absolute Gasteiger partial charge is 0.467 e. The number of pyridine rings is 1. The van der Waals surface area contributed by atoms with E-state index < -0.39 is 17.2 Å². The maximum absolute atomic E-state index is 16.9. The Kier molecular flexibility index (Phi) is 6.48. The summed E-state index contributed by atoms with van der Waals surface area (Å²) in [4.78, 5) is 38.9. The molecular formula is C29H26ClF2N7O3S. The Hall–Kier alpha value is -4.02. The zero-order valence-corrected chi connectivity index (χ0v) is 24.7. The van der Waals surface area contributed by atoms with Gasteiger partial charge in [0.1, 0.15) is 39.5 Å². The van der Waals surface area contributed by atoms with Crippen molar-refractivity contribution in [2.24, 2.45) is 5.41 Å². The second kappa shape index (κ2) is 10.0. The number of ether oxygens (including phenoxy) is 1. The van der Waals surface area contributed by atoms with E-state index in [-0.39, 0.29) is 72.1 Å². The van der Waals surface area contributed by atoms with Crippen molar-refractivity contribution >= 4 is 60.7 Å². The zero-order valence-electron chi connectivity index (χ0n) is 23.1. The molecule has 222 valence electrons. The number of amides is 1. The molecular weight excluding hydrogens is 600 g/mol. The van der Waals surface area contributed by atoms with Crippen molar-refractivity contribution in [1.82, 2.24) is 19.4 Å². The van der Waals surface area contributed by atoms with Crippen LogP contribution in [0.25, 0.3) is 32.2 Å². The molecule has 3 aliphatic rings. The van der Waals surface area contributed by atoms with Gasteiger partial charge < -0.3 is 24.8 Å². The number of halogens is 3. The minimum absolute atomic E-state index is 0.0365. The lowest BCUT2D eigenvalue weighted by molar-refractivity contribution is -0.131. The standard InChI is InChI=1S/C29H26ClF2N7O3S/c1-42-28-35-22-20(26(36-28)38-12-29(13-38)6-8-37(9-7-29)18(40)10-30)27(41)39(14-2-3-14)23(21(22)32)15-4-5-17(31)24-19(15)16(11-33)25(34)43-24/h4-5,14H,2-3,6-10,12-13,34H2,1H3. The van der Waals surface area contributed by atoms with E-state index in [1.54, 1.807) is 4.90 Å². The van der Waals surface area contributed by atoms with Gasteiger partial charge in [0.25, 0.3) is 5.56 Å². The number of aromatic nitrogens is 3. The van der Waals surface area contributed by atoms with Gasteiger partial charge in [0.2, 0.25) is 5.91 Å². The van der Waals surface area contributed by atoms with Crippen LogP contribution in [0.1, 0.15) is 37.3 Å². The first kappa shape index (κ1) is 27.8. The summed E-state index contributed by atoms with van der Waals surface area (Å²) in [6.07, 6.45) is 2.89. The first-order valence-electron chi connectivity index (χ1n) is 13.9. The number of benzene rings is 1. The minimum atomic E-state index is -0.784. The van der Waals surface area contributed by atoms with Crippen LogP contribution in [-0.2, 0) is 4.79 Å². The molecule has 1 amide bonds. The van der Waals surface area contributed by atoms with Crippen molar-refractivity contribution < 1.29 is 18.3 Å². The van der Waals surface area contributed by atoms with Gasteiger partial charge >= 0.3 is 6.01 Å². The van der Waals surface area contributed by atoms with E-state index in [0.29, 0.717) is 44.8 Å². The molecule has 10 nitrogen and oxygen atoms in total. The van der Waals surface area contributed by atoms with E-state index in [1.165, 1.54) is 23.8 Å². The van der Waals surface area contributed by atoms with Crippen LogP contribution < -0.4 is 20.9 Å². The normalized spacial score (nSPS) is 17.8. The number of piperidine rings is 1. The molecule has 2 aliphatic heterocycles. The van der Waals surface area contributed by atoms with Gasteiger partial charge in [-0.05, 0) is 37.8 Å². The molecule has 1 aliphatic carbocycles. The van der Waals surface area contributed by atoms with Crippen molar-refractivity contribution in [3.05, 3.63) is 39.7 Å². The molecule has 2 N–H and O–H groups in total. The Labute approximate surface area is 253 Å². The number of anilines is 2. The van der Waals surface area contributed by atoms with Gasteiger partial charge in [-0.15, -0.1) is 22.9 Å². The van der Waals surface area contributed by atoms with Crippen LogP contribution in [0.4, 0.5) is 19.6 Å². The Morgan fingerprint density at radius 2 is 1.95 bits per heavy atom. The Bertz CT molecular complexity index is 1940. The van der Waals surface area contributed by atoms with Gasteiger partial charge in [-0.2, -0.15) is 15.2 Å². The predicted molar refractivity (Wildman–Crippen MR) is 160 cm³/mol. The number of methoxy groups -OCH3 is 1. The van der Waals surface area contributed by atoms with Crippen molar-refractivity contribution in [2.75, 3.05) is 49.8 Å². The number of likely N-dealkylation sites (tertiary alicyclic amines) is 1. The summed E-state index contributed by atoms with van der Waals surface area (Å²) in [5.74, 6) is -1.22. The second-order valence-corrected chi connectivity index (χ2v) is 12.8. The fourth-order valence-corrected chi connectivity index (χ4v) is 7.63. The van der Waals surface area contributed by atoms with Gasteiger partial charge in [-0.3, -0.25) is 9.59 Å².